The van der Waals surface area contributed by atoms with Crippen molar-refractivity contribution < 1.29 is 4.92 Å². The van der Waals surface area contributed by atoms with Crippen molar-refractivity contribution in [2.75, 3.05) is 0 Å². The first-order valence-electron chi connectivity index (χ1n) is 5.52. The van der Waals surface area contributed by atoms with Gasteiger partial charge in [0.05, 0.1) is 16.1 Å². The highest BCUT2D eigenvalue weighted by atomic mass is 16.6. The maximum Gasteiger partial charge on any atom is 0.348 e. The van der Waals surface area contributed by atoms with Crippen LogP contribution in [-0.4, -0.2) is 19.7 Å². The standard InChI is InChI=1S/C11H13N5O3/c1-11(2,12)9-13-14-10(17)15(9)7-4-3-5-8(6-7)16(18)19/h3-6H,12H2,1-2H3,(H,14,17). The first kappa shape index (κ1) is 13.0. The molecule has 0 unspecified atom stereocenters. The lowest BCUT2D eigenvalue weighted by Gasteiger charge is -2.18. The highest BCUT2D eigenvalue weighted by Crippen LogP contribution is 2.20. The number of nitrogens with two attached hydrogens (primary N) is 1. The fraction of sp³-hybridized carbons (Fsp3) is 0.273. The van der Waals surface area contributed by atoms with E-state index < -0.39 is 16.2 Å². The van der Waals surface area contributed by atoms with Crippen molar-refractivity contribution in [3.63, 3.8) is 0 Å². The predicted octanol–water partition coefficient (Wildman–Crippen LogP) is 0.663. The van der Waals surface area contributed by atoms with Gasteiger partial charge in [-0.05, 0) is 19.9 Å². The van der Waals surface area contributed by atoms with Gasteiger partial charge in [0.25, 0.3) is 5.69 Å². The third kappa shape index (κ3) is 2.38. The number of hydrogen-bond acceptors (Lipinski definition) is 5. The van der Waals surface area contributed by atoms with E-state index >= 15 is 0 Å². The summed E-state index contributed by atoms with van der Waals surface area (Å²) in [7, 11) is 0. The van der Waals surface area contributed by atoms with Crippen LogP contribution in [0.1, 0.15) is 19.7 Å². The van der Waals surface area contributed by atoms with Gasteiger partial charge in [-0.3, -0.25) is 10.1 Å². The molecule has 0 saturated carbocycles. The molecule has 8 heteroatoms. The second-order valence-electron chi connectivity index (χ2n) is 4.69. The Kier molecular flexibility index (Phi) is 2.95. The first-order chi connectivity index (χ1) is 8.80. The van der Waals surface area contributed by atoms with E-state index in [-0.39, 0.29) is 5.69 Å². The van der Waals surface area contributed by atoms with Crippen LogP contribution >= 0.6 is 0 Å². The van der Waals surface area contributed by atoms with Crippen molar-refractivity contribution in [3.05, 3.63) is 50.7 Å². The molecule has 1 aromatic heterocycles. The minimum Gasteiger partial charge on any atom is -0.319 e. The van der Waals surface area contributed by atoms with Crippen LogP contribution in [0.3, 0.4) is 0 Å². The van der Waals surface area contributed by atoms with Crippen LogP contribution in [0.5, 0.6) is 0 Å². The molecular weight excluding hydrogens is 250 g/mol. The summed E-state index contributed by atoms with van der Waals surface area (Å²) in [5, 5.41) is 16.9. The van der Waals surface area contributed by atoms with Gasteiger partial charge in [0.1, 0.15) is 0 Å². The lowest BCUT2D eigenvalue weighted by atomic mass is 10.1. The Morgan fingerprint density at radius 2 is 2.16 bits per heavy atom. The molecule has 0 saturated heterocycles. The molecule has 8 nitrogen and oxygen atoms in total. The largest absolute Gasteiger partial charge is 0.348 e. The number of hydrogen-bond donors (Lipinski definition) is 2. The molecule has 1 aromatic carbocycles. The van der Waals surface area contributed by atoms with Crippen molar-refractivity contribution in [2.45, 2.75) is 19.4 Å². The fourth-order valence-electron chi connectivity index (χ4n) is 1.71. The normalized spacial score (nSPS) is 11.5. The maximum atomic E-state index is 11.8. The van der Waals surface area contributed by atoms with Crippen LogP contribution in [-0.2, 0) is 5.54 Å². The minimum atomic E-state index is -0.857. The molecule has 0 atom stereocenters. The third-order valence-corrected chi connectivity index (χ3v) is 2.55. The van der Waals surface area contributed by atoms with Crippen molar-refractivity contribution >= 4 is 5.69 Å². The number of nitro benzene ring substituents is 1. The van der Waals surface area contributed by atoms with E-state index in [4.69, 9.17) is 5.73 Å². The number of nitro groups is 1. The highest BCUT2D eigenvalue weighted by molar-refractivity contribution is 5.43. The maximum absolute atomic E-state index is 11.8. The Morgan fingerprint density at radius 1 is 1.47 bits per heavy atom. The number of nitrogens with one attached hydrogen (secondary N) is 1. The van der Waals surface area contributed by atoms with Gasteiger partial charge in [0.2, 0.25) is 0 Å². The van der Waals surface area contributed by atoms with Gasteiger partial charge in [-0.25, -0.2) is 14.5 Å². The zero-order chi connectivity index (χ0) is 14.2. The number of non-ortho nitro benzene ring substituents is 1. The van der Waals surface area contributed by atoms with Gasteiger partial charge < -0.3 is 5.73 Å². The average Bonchev–Trinajstić information content (AvgIpc) is 2.71. The summed E-state index contributed by atoms with van der Waals surface area (Å²) < 4.78 is 1.23. The average molecular weight is 263 g/mol. The number of H-pyrrole nitrogens is 1. The minimum absolute atomic E-state index is 0.105. The highest BCUT2D eigenvalue weighted by Gasteiger charge is 2.24. The predicted molar refractivity (Wildman–Crippen MR) is 68.1 cm³/mol. The monoisotopic (exact) mass is 263 g/mol. The molecule has 19 heavy (non-hydrogen) atoms. The van der Waals surface area contributed by atoms with E-state index in [1.54, 1.807) is 19.9 Å². The van der Waals surface area contributed by atoms with Crippen molar-refractivity contribution in [2.24, 2.45) is 5.73 Å². The molecule has 0 aliphatic heterocycles. The summed E-state index contributed by atoms with van der Waals surface area (Å²) in [6.07, 6.45) is 0. The molecule has 0 fully saturated rings. The number of nitrogens with zero attached hydrogens (tertiary/aromatic N) is 3. The molecule has 0 spiro atoms. The molecule has 3 N–H and O–H groups in total. The number of aromatic nitrogens is 3. The molecule has 0 aliphatic carbocycles. The van der Waals surface area contributed by atoms with Crippen LogP contribution in [0.4, 0.5) is 5.69 Å². The smallest absolute Gasteiger partial charge is 0.319 e. The molecule has 0 amide bonds. The van der Waals surface area contributed by atoms with E-state index in [2.05, 4.69) is 10.2 Å². The van der Waals surface area contributed by atoms with E-state index in [9.17, 15) is 14.9 Å². The molecule has 0 radical (unpaired) electrons. The molecule has 2 rings (SSSR count). The number of aromatic amines is 1. The second-order valence-corrected chi connectivity index (χ2v) is 4.69. The first-order valence-corrected chi connectivity index (χ1v) is 5.52. The second kappa shape index (κ2) is 4.32. The van der Waals surface area contributed by atoms with Gasteiger partial charge in [-0.1, -0.05) is 6.07 Å². The van der Waals surface area contributed by atoms with Crippen molar-refractivity contribution in [1.29, 1.82) is 0 Å². The Hall–Kier alpha value is -2.48. The summed E-state index contributed by atoms with van der Waals surface area (Å²) >= 11 is 0. The van der Waals surface area contributed by atoms with E-state index in [1.807, 2.05) is 0 Å². The zero-order valence-corrected chi connectivity index (χ0v) is 10.5. The molecule has 0 aliphatic rings. The van der Waals surface area contributed by atoms with Gasteiger partial charge in [0.15, 0.2) is 5.82 Å². The SMILES string of the molecule is CC(C)(N)c1n[nH]c(=O)n1-c1cccc([N+](=O)[O-])c1. The zero-order valence-electron chi connectivity index (χ0n) is 10.5. The third-order valence-electron chi connectivity index (χ3n) is 2.55. The van der Waals surface area contributed by atoms with Crippen molar-refractivity contribution in [1.82, 2.24) is 14.8 Å². The lowest BCUT2D eigenvalue weighted by Crippen LogP contribution is -2.34. The molecule has 0 bridgehead atoms. The molecule has 2 aromatic rings. The fourth-order valence-corrected chi connectivity index (χ4v) is 1.71. The summed E-state index contributed by atoms with van der Waals surface area (Å²) in [5.74, 6) is 0.304. The molecule has 100 valence electrons. The Morgan fingerprint density at radius 3 is 2.74 bits per heavy atom. The van der Waals surface area contributed by atoms with Crippen LogP contribution in [0.25, 0.3) is 5.69 Å². The topological polar surface area (TPSA) is 120 Å². The van der Waals surface area contributed by atoms with Gasteiger partial charge in [-0.2, -0.15) is 5.10 Å². The van der Waals surface area contributed by atoms with E-state index in [1.165, 1.54) is 22.8 Å². The van der Waals surface area contributed by atoms with Crippen LogP contribution in [0.15, 0.2) is 29.1 Å². The van der Waals surface area contributed by atoms with Crippen LogP contribution in [0, 0.1) is 10.1 Å². The van der Waals surface area contributed by atoms with Crippen LogP contribution < -0.4 is 11.4 Å². The Labute approximate surface area is 108 Å². The Balaban J connectivity index is 2.66. The Bertz CT molecular complexity index is 680. The van der Waals surface area contributed by atoms with Gasteiger partial charge in [0, 0.05) is 12.1 Å². The number of rotatable bonds is 3. The summed E-state index contributed by atoms with van der Waals surface area (Å²) in [6.45, 7) is 3.38. The van der Waals surface area contributed by atoms with E-state index in [0.717, 1.165) is 0 Å². The molecule has 1 heterocycles. The lowest BCUT2D eigenvalue weighted by molar-refractivity contribution is -0.384. The number of benzene rings is 1. The van der Waals surface area contributed by atoms with E-state index in [0.29, 0.717) is 11.5 Å². The summed E-state index contributed by atoms with van der Waals surface area (Å²) in [4.78, 5) is 22.0. The van der Waals surface area contributed by atoms with Gasteiger partial charge >= 0.3 is 5.69 Å². The van der Waals surface area contributed by atoms with Crippen molar-refractivity contribution in [3.8, 4) is 5.69 Å². The molecular formula is C11H13N5O3. The summed E-state index contributed by atoms with van der Waals surface area (Å²) in [6, 6.07) is 5.73. The summed E-state index contributed by atoms with van der Waals surface area (Å²) in [5.41, 5.74) is 4.82. The quantitative estimate of drug-likeness (QED) is 0.622. The van der Waals surface area contributed by atoms with Crippen LogP contribution in [0.2, 0.25) is 0 Å². The van der Waals surface area contributed by atoms with Gasteiger partial charge in [-0.15, -0.1) is 0 Å².